The summed E-state index contributed by atoms with van der Waals surface area (Å²) in [5, 5.41) is 0. The quantitative estimate of drug-likeness (QED) is 0.511. The number of rotatable bonds is 4. The molecule has 0 N–H and O–H groups in total. The zero-order valence-corrected chi connectivity index (χ0v) is 18.5. The molecule has 4 aliphatic rings. The Hall–Kier alpha value is -0.590. The average molecular weight is 371 g/mol. The molecular formula is C26H42O. The first-order valence-corrected chi connectivity index (χ1v) is 12.0. The fourth-order valence-electron chi connectivity index (χ4n) is 8.80. The van der Waals surface area contributed by atoms with Crippen molar-refractivity contribution in [1.82, 2.24) is 0 Å². The van der Waals surface area contributed by atoms with Gasteiger partial charge in [-0.3, -0.25) is 4.79 Å². The van der Waals surface area contributed by atoms with Crippen LogP contribution in [0.1, 0.15) is 98.8 Å². The second-order valence-corrected chi connectivity index (χ2v) is 11.3. The van der Waals surface area contributed by atoms with E-state index in [1.165, 1.54) is 51.4 Å². The van der Waals surface area contributed by atoms with E-state index in [0.717, 1.165) is 53.9 Å². The maximum Gasteiger partial charge on any atom is 0.155 e. The van der Waals surface area contributed by atoms with Crippen molar-refractivity contribution in [3.63, 3.8) is 0 Å². The number of fused-ring (bicyclic) bond motifs is 5. The van der Waals surface area contributed by atoms with Crippen LogP contribution in [0.3, 0.4) is 0 Å². The Kier molecular flexibility index (Phi) is 5.13. The van der Waals surface area contributed by atoms with Gasteiger partial charge in [-0.1, -0.05) is 46.6 Å². The van der Waals surface area contributed by atoms with Crippen LogP contribution in [0.5, 0.6) is 0 Å². The van der Waals surface area contributed by atoms with Crippen molar-refractivity contribution in [2.45, 2.75) is 98.8 Å². The Morgan fingerprint density at radius 3 is 2.56 bits per heavy atom. The molecule has 0 aromatic carbocycles. The molecule has 1 heteroatoms. The summed E-state index contributed by atoms with van der Waals surface area (Å²) >= 11 is 0. The van der Waals surface area contributed by atoms with Crippen LogP contribution in [0, 0.1) is 46.3 Å². The third-order valence-corrected chi connectivity index (χ3v) is 10.3. The number of carbonyl (C=O) groups excluding carboxylic acids is 1. The fraction of sp³-hybridized carbons (Fsp3) is 0.885. The number of allylic oxidation sites excluding steroid dienone is 2. The molecule has 1 unspecified atom stereocenters. The average Bonchev–Trinajstić information content (AvgIpc) is 2.98. The van der Waals surface area contributed by atoms with Crippen LogP contribution in [-0.2, 0) is 4.79 Å². The van der Waals surface area contributed by atoms with Gasteiger partial charge >= 0.3 is 0 Å². The summed E-state index contributed by atoms with van der Waals surface area (Å²) in [6.45, 7) is 11.9. The number of hydrogen-bond donors (Lipinski definition) is 0. The third-order valence-electron chi connectivity index (χ3n) is 10.3. The minimum atomic E-state index is 0.318. The van der Waals surface area contributed by atoms with Crippen LogP contribution in [0.2, 0.25) is 0 Å². The first kappa shape index (κ1) is 19.7. The molecule has 3 saturated carbocycles. The fourth-order valence-corrected chi connectivity index (χ4v) is 8.80. The van der Waals surface area contributed by atoms with Crippen LogP contribution in [-0.4, -0.2) is 5.78 Å². The zero-order valence-electron chi connectivity index (χ0n) is 18.5. The van der Waals surface area contributed by atoms with Gasteiger partial charge in [0.1, 0.15) is 0 Å². The van der Waals surface area contributed by atoms with Gasteiger partial charge in [-0.05, 0) is 110 Å². The molecule has 0 aliphatic heterocycles. The summed E-state index contributed by atoms with van der Waals surface area (Å²) in [6, 6.07) is 0. The lowest BCUT2D eigenvalue weighted by atomic mass is 9.44. The lowest BCUT2D eigenvalue weighted by Gasteiger charge is -2.60. The van der Waals surface area contributed by atoms with Gasteiger partial charge in [0.15, 0.2) is 5.78 Å². The predicted octanol–water partition coefficient (Wildman–Crippen LogP) is 7.21. The lowest BCUT2D eigenvalue weighted by molar-refractivity contribution is -0.116. The van der Waals surface area contributed by atoms with Crippen molar-refractivity contribution in [3.8, 4) is 0 Å². The number of ketones is 1. The van der Waals surface area contributed by atoms with E-state index in [1.807, 2.05) is 0 Å². The second-order valence-electron chi connectivity index (χ2n) is 11.3. The van der Waals surface area contributed by atoms with Gasteiger partial charge in [-0.2, -0.15) is 0 Å². The normalized spacial score (nSPS) is 47.4. The first-order chi connectivity index (χ1) is 12.8. The molecule has 0 heterocycles. The maximum atomic E-state index is 11.9. The van der Waals surface area contributed by atoms with Crippen LogP contribution >= 0.6 is 0 Å². The molecule has 152 valence electrons. The second kappa shape index (κ2) is 7.03. The van der Waals surface area contributed by atoms with Crippen molar-refractivity contribution < 1.29 is 4.79 Å². The highest BCUT2D eigenvalue weighted by Gasteiger charge is 2.60. The summed E-state index contributed by atoms with van der Waals surface area (Å²) in [4.78, 5) is 11.9. The molecule has 0 bridgehead atoms. The molecule has 8 atom stereocenters. The topological polar surface area (TPSA) is 17.1 Å². The Bertz CT molecular complexity index is 618. The van der Waals surface area contributed by atoms with E-state index >= 15 is 0 Å². The van der Waals surface area contributed by atoms with Gasteiger partial charge in [0.2, 0.25) is 0 Å². The van der Waals surface area contributed by atoms with Crippen LogP contribution in [0.15, 0.2) is 11.6 Å². The number of Topliss-reactive ketones (excluding diaryl/α,β-unsaturated/α-hetero) is 1. The Labute approximate surface area is 167 Å². The zero-order chi connectivity index (χ0) is 19.4. The molecule has 0 saturated heterocycles. The van der Waals surface area contributed by atoms with E-state index < -0.39 is 0 Å². The van der Waals surface area contributed by atoms with E-state index in [-0.39, 0.29) is 0 Å². The first-order valence-electron chi connectivity index (χ1n) is 12.0. The monoisotopic (exact) mass is 370 g/mol. The molecular weight excluding hydrogens is 328 g/mol. The SMILES string of the molecule is CCC[C@@H](C)[C@H]1CC[C@H]2[C@@H]3CCC4CC(C(C)=O)=CC[C@]4(C)[C@H]3CC[C@]12C. The molecule has 0 aromatic heterocycles. The standard InChI is InChI=1S/C26H42O/c1-6-7-17(2)22-10-11-23-21-9-8-20-16-19(18(3)27)12-14-25(20,4)24(21)13-15-26(22,23)5/h12,17,20-24H,6-11,13-16H2,1-5H3/t17-,20?,21+,22-,23+,24+,25+,26-/m1/s1. The highest BCUT2D eigenvalue weighted by molar-refractivity contribution is 5.93. The molecule has 0 radical (unpaired) electrons. The van der Waals surface area contributed by atoms with E-state index in [4.69, 9.17) is 0 Å². The number of carbonyl (C=O) groups is 1. The lowest BCUT2D eigenvalue weighted by Crippen LogP contribution is -2.53. The largest absolute Gasteiger partial charge is 0.295 e. The van der Waals surface area contributed by atoms with Gasteiger partial charge in [0, 0.05) is 0 Å². The van der Waals surface area contributed by atoms with Gasteiger partial charge in [0.25, 0.3) is 0 Å². The van der Waals surface area contributed by atoms with Gasteiger partial charge in [0.05, 0.1) is 0 Å². The summed E-state index contributed by atoms with van der Waals surface area (Å²) < 4.78 is 0. The summed E-state index contributed by atoms with van der Waals surface area (Å²) in [6.07, 6.45) is 16.0. The van der Waals surface area contributed by atoms with Crippen molar-refractivity contribution >= 4 is 5.78 Å². The summed E-state index contributed by atoms with van der Waals surface area (Å²) in [5.41, 5.74) is 2.19. The van der Waals surface area contributed by atoms with Crippen molar-refractivity contribution in [2.75, 3.05) is 0 Å². The Morgan fingerprint density at radius 1 is 1.11 bits per heavy atom. The Morgan fingerprint density at radius 2 is 1.85 bits per heavy atom. The molecule has 3 fully saturated rings. The van der Waals surface area contributed by atoms with Crippen LogP contribution in [0.25, 0.3) is 0 Å². The summed E-state index contributed by atoms with van der Waals surface area (Å²) in [5.74, 6) is 5.77. The van der Waals surface area contributed by atoms with Crippen molar-refractivity contribution in [2.24, 2.45) is 46.3 Å². The van der Waals surface area contributed by atoms with Crippen molar-refractivity contribution in [1.29, 1.82) is 0 Å². The van der Waals surface area contributed by atoms with Crippen LogP contribution in [0.4, 0.5) is 0 Å². The minimum Gasteiger partial charge on any atom is -0.295 e. The molecule has 1 nitrogen and oxygen atoms in total. The molecule has 4 aliphatic carbocycles. The van der Waals surface area contributed by atoms with Gasteiger partial charge in [-0.15, -0.1) is 0 Å². The van der Waals surface area contributed by atoms with E-state index in [2.05, 4.69) is 33.8 Å². The molecule has 4 rings (SSSR count). The Balaban J connectivity index is 1.57. The van der Waals surface area contributed by atoms with Gasteiger partial charge < -0.3 is 0 Å². The molecule has 0 aromatic rings. The third kappa shape index (κ3) is 2.98. The predicted molar refractivity (Wildman–Crippen MR) is 113 cm³/mol. The summed E-state index contributed by atoms with van der Waals surface area (Å²) in [7, 11) is 0. The van der Waals surface area contributed by atoms with Crippen molar-refractivity contribution in [3.05, 3.63) is 11.6 Å². The van der Waals surface area contributed by atoms with E-state index in [0.29, 0.717) is 16.6 Å². The highest BCUT2D eigenvalue weighted by atomic mass is 16.1. The number of hydrogen-bond acceptors (Lipinski definition) is 1. The highest BCUT2D eigenvalue weighted by Crippen LogP contribution is 2.68. The maximum absolute atomic E-state index is 11.9. The minimum absolute atomic E-state index is 0.318. The smallest absolute Gasteiger partial charge is 0.155 e. The molecule has 0 amide bonds. The molecule has 0 spiro atoms. The van der Waals surface area contributed by atoms with E-state index in [9.17, 15) is 4.79 Å². The van der Waals surface area contributed by atoms with Gasteiger partial charge in [-0.25, -0.2) is 0 Å². The van der Waals surface area contributed by atoms with Crippen LogP contribution < -0.4 is 0 Å². The molecule has 27 heavy (non-hydrogen) atoms. The van der Waals surface area contributed by atoms with E-state index in [1.54, 1.807) is 6.92 Å².